The summed E-state index contributed by atoms with van der Waals surface area (Å²) < 4.78 is 0. The van der Waals surface area contributed by atoms with Gasteiger partial charge in [0.15, 0.2) is 0 Å². The van der Waals surface area contributed by atoms with E-state index in [-0.39, 0.29) is 0 Å². The van der Waals surface area contributed by atoms with Gasteiger partial charge < -0.3 is 5.73 Å². The summed E-state index contributed by atoms with van der Waals surface area (Å²) in [6.07, 6.45) is 0. The lowest BCUT2D eigenvalue weighted by molar-refractivity contribution is 0.860. The largest absolute Gasteiger partial charge is 0.383 e. The van der Waals surface area contributed by atoms with Crippen molar-refractivity contribution in [1.29, 1.82) is 0 Å². The van der Waals surface area contributed by atoms with Crippen molar-refractivity contribution in [1.82, 2.24) is 4.98 Å². The van der Waals surface area contributed by atoms with Crippen LogP contribution in [-0.2, 0) is 0 Å². The lowest BCUT2D eigenvalue weighted by Crippen LogP contribution is -2.00. The van der Waals surface area contributed by atoms with Gasteiger partial charge in [-0.2, -0.15) is 0 Å². The molecule has 0 aromatic carbocycles. The molecule has 0 amide bonds. The number of hydrogen-bond donors (Lipinski definition) is 1. The van der Waals surface area contributed by atoms with E-state index in [0.29, 0.717) is 11.7 Å². The van der Waals surface area contributed by atoms with E-state index in [0.717, 1.165) is 11.3 Å². The number of nitrogens with two attached hydrogens (primary N) is 1. The highest BCUT2D eigenvalue weighted by Crippen LogP contribution is 2.19. The number of rotatable bonds is 1. The Hall–Kier alpha value is -1.05. The van der Waals surface area contributed by atoms with Gasteiger partial charge in [-0.05, 0) is 24.5 Å². The molecular formula is C9H14N2. The van der Waals surface area contributed by atoms with Crippen LogP contribution in [0, 0.1) is 6.92 Å². The third-order valence-corrected chi connectivity index (χ3v) is 1.72. The normalized spacial score (nSPS) is 10.5. The van der Waals surface area contributed by atoms with Crippen LogP contribution in [0.5, 0.6) is 0 Å². The van der Waals surface area contributed by atoms with Gasteiger partial charge in [0.2, 0.25) is 0 Å². The van der Waals surface area contributed by atoms with E-state index in [1.54, 1.807) is 0 Å². The number of nitrogen functional groups attached to an aromatic ring is 1. The molecular weight excluding hydrogens is 136 g/mol. The van der Waals surface area contributed by atoms with Gasteiger partial charge in [0, 0.05) is 5.69 Å². The fraction of sp³-hybridized carbons (Fsp3) is 0.444. The average molecular weight is 150 g/mol. The highest BCUT2D eigenvalue weighted by atomic mass is 14.8. The monoisotopic (exact) mass is 150 g/mol. The Balaban J connectivity index is 3.09. The molecule has 2 heteroatoms. The summed E-state index contributed by atoms with van der Waals surface area (Å²) in [6, 6.07) is 4.04. The summed E-state index contributed by atoms with van der Waals surface area (Å²) in [6.45, 7) is 6.17. The van der Waals surface area contributed by atoms with Gasteiger partial charge in [-0.25, -0.2) is 4.98 Å². The molecule has 0 saturated carbocycles. The second-order valence-electron chi connectivity index (χ2n) is 3.08. The van der Waals surface area contributed by atoms with E-state index in [1.165, 1.54) is 0 Å². The number of pyridine rings is 1. The molecule has 11 heavy (non-hydrogen) atoms. The molecule has 0 saturated heterocycles. The summed E-state index contributed by atoms with van der Waals surface area (Å²) in [5.74, 6) is 1.13. The Bertz CT molecular complexity index is 254. The molecule has 1 heterocycles. The smallest absolute Gasteiger partial charge is 0.127 e. The van der Waals surface area contributed by atoms with Gasteiger partial charge in [-0.1, -0.05) is 19.9 Å². The van der Waals surface area contributed by atoms with Crippen molar-refractivity contribution in [2.75, 3.05) is 5.73 Å². The van der Waals surface area contributed by atoms with Gasteiger partial charge in [0.1, 0.15) is 5.82 Å². The number of nitrogens with zero attached hydrogens (tertiary/aromatic N) is 1. The Morgan fingerprint density at radius 3 is 2.45 bits per heavy atom. The minimum absolute atomic E-state index is 0.461. The van der Waals surface area contributed by atoms with Gasteiger partial charge in [-0.15, -0.1) is 0 Å². The highest BCUT2D eigenvalue weighted by Gasteiger charge is 2.03. The van der Waals surface area contributed by atoms with Crippen molar-refractivity contribution in [3.05, 3.63) is 23.4 Å². The molecule has 0 unspecified atom stereocenters. The van der Waals surface area contributed by atoms with E-state index < -0.39 is 0 Å². The van der Waals surface area contributed by atoms with E-state index in [9.17, 15) is 0 Å². The van der Waals surface area contributed by atoms with Crippen molar-refractivity contribution in [3.63, 3.8) is 0 Å². The van der Waals surface area contributed by atoms with Crippen molar-refractivity contribution < 1.29 is 0 Å². The van der Waals surface area contributed by atoms with E-state index in [1.807, 2.05) is 19.1 Å². The highest BCUT2D eigenvalue weighted by molar-refractivity contribution is 5.41. The van der Waals surface area contributed by atoms with Crippen LogP contribution in [0.2, 0.25) is 0 Å². The minimum Gasteiger partial charge on any atom is -0.383 e. The summed E-state index contributed by atoms with van der Waals surface area (Å²) in [4.78, 5) is 4.17. The van der Waals surface area contributed by atoms with E-state index in [2.05, 4.69) is 18.8 Å². The first-order chi connectivity index (χ1) is 5.11. The summed E-state index contributed by atoms with van der Waals surface area (Å²) in [5.41, 5.74) is 7.82. The summed E-state index contributed by atoms with van der Waals surface area (Å²) in [7, 11) is 0. The second kappa shape index (κ2) is 2.91. The molecule has 0 atom stereocenters. The van der Waals surface area contributed by atoms with Crippen molar-refractivity contribution in [2.24, 2.45) is 0 Å². The van der Waals surface area contributed by atoms with Gasteiger partial charge in [0.25, 0.3) is 0 Å². The maximum atomic E-state index is 5.71. The summed E-state index contributed by atoms with van der Waals surface area (Å²) >= 11 is 0. The molecule has 1 aromatic rings. The van der Waals surface area contributed by atoms with Gasteiger partial charge in [0.05, 0.1) is 0 Å². The van der Waals surface area contributed by atoms with Gasteiger partial charge >= 0.3 is 0 Å². The molecule has 2 N–H and O–H groups in total. The zero-order valence-corrected chi connectivity index (χ0v) is 7.26. The van der Waals surface area contributed by atoms with Crippen LogP contribution in [0.3, 0.4) is 0 Å². The van der Waals surface area contributed by atoms with Crippen molar-refractivity contribution in [3.8, 4) is 0 Å². The zero-order valence-electron chi connectivity index (χ0n) is 7.26. The Morgan fingerprint density at radius 2 is 2.00 bits per heavy atom. The molecule has 0 aliphatic carbocycles. The molecule has 0 radical (unpaired) electrons. The number of aryl methyl sites for hydroxylation is 1. The van der Waals surface area contributed by atoms with Crippen LogP contribution in [0.25, 0.3) is 0 Å². The molecule has 60 valence electrons. The molecule has 0 fully saturated rings. The maximum Gasteiger partial charge on any atom is 0.127 e. The Morgan fingerprint density at radius 1 is 1.36 bits per heavy atom. The first-order valence-electron chi connectivity index (χ1n) is 3.84. The first kappa shape index (κ1) is 8.05. The van der Waals surface area contributed by atoms with E-state index >= 15 is 0 Å². The third-order valence-electron chi connectivity index (χ3n) is 1.72. The van der Waals surface area contributed by atoms with Crippen molar-refractivity contribution >= 4 is 5.82 Å². The second-order valence-corrected chi connectivity index (χ2v) is 3.08. The Labute approximate surface area is 67.5 Å². The quantitative estimate of drug-likeness (QED) is 0.665. The van der Waals surface area contributed by atoms with Crippen LogP contribution < -0.4 is 5.73 Å². The van der Waals surface area contributed by atoms with Crippen molar-refractivity contribution in [2.45, 2.75) is 26.7 Å². The molecule has 1 aromatic heterocycles. The third kappa shape index (κ3) is 1.70. The standard InChI is InChI=1S/C9H14N2/c1-6(2)8-5-4-7(3)11-9(8)10/h4-6H,1-3H3,(H2,10,11). The SMILES string of the molecule is Cc1ccc(C(C)C)c(N)n1. The molecule has 0 aliphatic heterocycles. The minimum atomic E-state index is 0.461. The number of hydrogen-bond acceptors (Lipinski definition) is 2. The number of aromatic nitrogens is 1. The van der Waals surface area contributed by atoms with Crippen LogP contribution >= 0.6 is 0 Å². The summed E-state index contributed by atoms with van der Waals surface area (Å²) in [5, 5.41) is 0. The van der Waals surface area contributed by atoms with Crippen LogP contribution in [0.15, 0.2) is 12.1 Å². The zero-order chi connectivity index (χ0) is 8.43. The van der Waals surface area contributed by atoms with E-state index in [4.69, 9.17) is 5.73 Å². The fourth-order valence-corrected chi connectivity index (χ4v) is 1.08. The molecule has 0 aliphatic rings. The van der Waals surface area contributed by atoms with Crippen LogP contribution in [0.4, 0.5) is 5.82 Å². The number of anilines is 1. The lowest BCUT2D eigenvalue weighted by atomic mass is 10.0. The first-order valence-corrected chi connectivity index (χ1v) is 3.84. The molecule has 0 spiro atoms. The molecule has 1 rings (SSSR count). The van der Waals surface area contributed by atoms with Crippen LogP contribution in [0.1, 0.15) is 31.0 Å². The maximum absolute atomic E-state index is 5.71. The molecule has 0 bridgehead atoms. The predicted molar refractivity (Wildman–Crippen MR) is 47.5 cm³/mol. The lowest BCUT2D eigenvalue weighted by Gasteiger charge is -2.07. The topological polar surface area (TPSA) is 38.9 Å². The van der Waals surface area contributed by atoms with Gasteiger partial charge in [-0.3, -0.25) is 0 Å². The van der Waals surface area contributed by atoms with Crippen LogP contribution in [-0.4, -0.2) is 4.98 Å². The average Bonchev–Trinajstić information content (AvgIpc) is 1.85. The predicted octanol–water partition coefficient (Wildman–Crippen LogP) is 2.10. The molecule has 2 nitrogen and oxygen atoms in total. The fourth-order valence-electron chi connectivity index (χ4n) is 1.08. The Kier molecular flexibility index (Phi) is 2.13.